The Bertz CT molecular complexity index is 972. The van der Waals surface area contributed by atoms with Gasteiger partial charge in [0.1, 0.15) is 11.8 Å². The van der Waals surface area contributed by atoms with Crippen LogP contribution in [-0.4, -0.2) is 68.1 Å². The van der Waals surface area contributed by atoms with Crippen molar-refractivity contribution in [1.82, 2.24) is 9.88 Å². The number of hydrogen-bond acceptors (Lipinski definition) is 6. The molecule has 0 saturated carbocycles. The lowest BCUT2D eigenvalue weighted by Crippen LogP contribution is -3.06. The molecule has 1 fully saturated rings. The summed E-state index contributed by atoms with van der Waals surface area (Å²) < 4.78 is 10.5. The summed E-state index contributed by atoms with van der Waals surface area (Å²) >= 11 is 0. The molecule has 158 valence electrons. The molecule has 0 radical (unpaired) electrons. The maximum absolute atomic E-state index is 12.9. The Morgan fingerprint density at radius 1 is 1.13 bits per heavy atom. The summed E-state index contributed by atoms with van der Waals surface area (Å²) in [6, 6.07) is 9.34. The van der Waals surface area contributed by atoms with E-state index in [1.807, 2.05) is 14.1 Å². The molecule has 8 heteroatoms. The van der Waals surface area contributed by atoms with Crippen molar-refractivity contribution in [2.24, 2.45) is 0 Å². The van der Waals surface area contributed by atoms with E-state index in [1.54, 1.807) is 42.6 Å². The number of nitrogens with zero attached hydrogens (tertiary/aromatic N) is 2. The molecular weight excluding hydrogens is 386 g/mol. The Labute approximate surface area is 175 Å². The van der Waals surface area contributed by atoms with E-state index in [9.17, 15) is 14.7 Å². The summed E-state index contributed by atoms with van der Waals surface area (Å²) in [5, 5.41) is 11.1. The second kappa shape index (κ2) is 8.96. The van der Waals surface area contributed by atoms with E-state index in [0.29, 0.717) is 35.8 Å². The van der Waals surface area contributed by atoms with Crippen LogP contribution >= 0.6 is 0 Å². The Hall–Kier alpha value is -3.39. The number of ketones is 1. The third kappa shape index (κ3) is 3.99. The smallest absolute Gasteiger partial charge is 0.295 e. The van der Waals surface area contributed by atoms with Gasteiger partial charge in [0.05, 0.1) is 52.7 Å². The quantitative estimate of drug-likeness (QED) is 0.394. The molecular formula is C22H26N3O5+. The predicted molar refractivity (Wildman–Crippen MR) is 110 cm³/mol. The number of pyridine rings is 1. The van der Waals surface area contributed by atoms with Crippen molar-refractivity contribution in [3.05, 3.63) is 59.4 Å². The summed E-state index contributed by atoms with van der Waals surface area (Å²) in [5.74, 6) is -0.753. The molecule has 0 aliphatic carbocycles. The number of carbonyl (C=O) groups excluding carboxylic acids is 2. The maximum Gasteiger partial charge on any atom is 0.295 e. The highest BCUT2D eigenvalue weighted by Crippen LogP contribution is 2.39. The van der Waals surface area contributed by atoms with E-state index in [2.05, 4.69) is 4.98 Å². The van der Waals surface area contributed by atoms with Crippen LogP contribution in [0.15, 0.2) is 48.2 Å². The van der Waals surface area contributed by atoms with Gasteiger partial charge in [-0.25, -0.2) is 0 Å². The zero-order valence-corrected chi connectivity index (χ0v) is 17.5. The second-order valence-corrected chi connectivity index (χ2v) is 7.27. The zero-order valence-electron chi connectivity index (χ0n) is 17.5. The van der Waals surface area contributed by atoms with Crippen molar-refractivity contribution in [2.45, 2.75) is 6.04 Å². The van der Waals surface area contributed by atoms with E-state index in [0.717, 1.165) is 4.90 Å². The number of methoxy groups -OCH3 is 2. The molecule has 8 nitrogen and oxygen atoms in total. The number of aromatic nitrogens is 1. The van der Waals surface area contributed by atoms with Gasteiger partial charge in [0.15, 0.2) is 11.5 Å². The standard InChI is InChI=1S/C22H25N3O5/c1-24(2)11-12-25-19(15-7-5-6-10-23-15)18(21(27)22(25)28)20(26)14-8-9-16(29-3)17(13-14)30-4/h5-10,13,19,26H,11-12H2,1-4H3/p+1/b20-18-/t19-/m1/s1. The van der Waals surface area contributed by atoms with Crippen molar-refractivity contribution >= 4 is 17.4 Å². The van der Waals surface area contributed by atoms with Crippen LogP contribution in [0.1, 0.15) is 17.3 Å². The number of carbonyl (C=O) groups is 2. The largest absolute Gasteiger partial charge is 0.507 e. The SMILES string of the molecule is COc1ccc(/C(O)=C2/C(=O)C(=O)N(CC[NH+](C)C)[C@@H]2c2ccccn2)cc1OC. The van der Waals surface area contributed by atoms with Crippen LogP contribution < -0.4 is 14.4 Å². The Kier molecular flexibility index (Phi) is 6.37. The van der Waals surface area contributed by atoms with E-state index >= 15 is 0 Å². The third-order valence-corrected chi connectivity index (χ3v) is 5.02. The van der Waals surface area contributed by atoms with Gasteiger partial charge < -0.3 is 24.4 Å². The molecule has 2 N–H and O–H groups in total. The van der Waals surface area contributed by atoms with Crippen LogP contribution in [0.4, 0.5) is 0 Å². The van der Waals surface area contributed by atoms with Crippen LogP contribution in [0.3, 0.4) is 0 Å². The number of nitrogens with one attached hydrogen (secondary N) is 1. The molecule has 1 aromatic heterocycles. The van der Waals surface area contributed by atoms with Gasteiger partial charge in [-0.05, 0) is 30.3 Å². The first-order valence-electron chi connectivity index (χ1n) is 9.59. The number of rotatable bonds is 7. The average molecular weight is 412 g/mol. The predicted octanol–water partition coefficient (Wildman–Crippen LogP) is 0.665. The molecule has 0 bridgehead atoms. The molecule has 2 heterocycles. The lowest BCUT2D eigenvalue weighted by molar-refractivity contribution is -0.857. The van der Waals surface area contributed by atoms with E-state index in [1.165, 1.54) is 19.1 Å². The first-order valence-corrected chi connectivity index (χ1v) is 9.59. The molecule has 30 heavy (non-hydrogen) atoms. The monoisotopic (exact) mass is 412 g/mol. The van der Waals surface area contributed by atoms with Crippen molar-refractivity contribution in [1.29, 1.82) is 0 Å². The molecule has 1 atom stereocenters. The fraction of sp³-hybridized carbons (Fsp3) is 0.318. The number of aliphatic hydroxyl groups excluding tert-OH is 1. The topological polar surface area (TPSA) is 93.4 Å². The van der Waals surface area contributed by atoms with Crippen LogP contribution in [0.5, 0.6) is 11.5 Å². The van der Waals surface area contributed by atoms with Gasteiger partial charge in [-0.1, -0.05) is 6.07 Å². The highest BCUT2D eigenvalue weighted by molar-refractivity contribution is 6.46. The molecule has 1 saturated heterocycles. The number of hydrogen-bond donors (Lipinski definition) is 2. The van der Waals surface area contributed by atoms with Gasteiger partial charge in [0.2, 0.25) is 0 Å². The lowest BCUT2D eigenvalue weighted by Gasteiger charge is -2.24. The number of ether oxygens (including phenoxy) is 2. The van der Waals surface area contributed by atoms with Crippen LogP contribution in [-0.2, 0) is 9.59 Å². The van der Waals surface area contributed by atoms with Gasteiger partial charge >= 0.3 is 0 Å². The number of benzene rings is 1. The first-order chi connectivity index (χ1) is 14.4. The third-order valence-electron chi connectivity index (χ3n) is 5.02. The first kappa shape index (κ1) is 21.3. The van der Waals surface area contributed by atoms with Crippen LogP contribution in [0, 0.1) is 0 Å². The van der Waals surface area contributed by atoms with Gasteiger partial charge in [0.25, 0.3) is 11.7 Å². The highest BCUT2D eigenvalue weighted by atomic mass is 16.5. The number of aliphatic hydroxyl groups is 1. The molecule has 1 aromatic carbocycles. The normalized spacial score (nSPS) is 18.2. The number of quaternary nitrogens is 1. The molecule has 0 spiro atoms. The lowest BCUT2D eigenvalue weighted by atomic mass is 9.98. The zero-order chi connectivity index (χ0) is 21.8. The molecule has 2 aromatic rings. The van der Waals surface area contributed by atoms with Gasteiger partial charge in [-0.2, -0.15) is 0 Å². The number of amides is 1. The summed E-state index contributed by atoms with van der Waals surface area (Å²) in [6.45, 7) is 1.00. The summed E-state index contributed by atoms with van der Waals surface area (Å²) in [7, 11) is 6.93. The van der Waals surface area contributed by atoms with E-state index in [4.69, 9.17) is 9.47 Å². The van der Waals surface area contributed by atoms with Crippen molar-refractivity contribution in [3.8, 4) is 11.5 Å². The minimum absolute atomic E-state index is 0.0136. The van der Waals surface area contributed by atoms with Gasteiger partial charge in [-0.15, -0.1) is 0 Å². The molecule has 1 amide bonds. The average Bonchev–Trinajstić information content (AvgIpc) is 3.01. The van der Waals surface area contributed by atoms with Crippen molar-refractivity contribution in [3.63, 3.8) is 0 Å². The summed E-state index contributed by atoms with van der Waals surface area (Å²) in [4.78, 5) is 32.7. The van der Waals surface area contributed by atoms with Crippen molar-refractivity contribution < 1.29 is 29.1 Å². The molecule has 1 aliphatic heterocycles. The Balaban J connectivity index is 2.14. The Morgan fingerprint density at radius 2 is 1.87 bits per heavy atom. The van der Waals surface area contributed by atoms with Gasteiger partial charge in [0, 0.05) is 11.8 Å². The minimum atomic E-state index is -0.765. The molecule has 3 rings (SSSR count). The Morgan fingerprint density at radius 3 is 2.47 bits per heavy atom. The van der Waals surface area contributed by atoms with E-state index < -0.39 is 17.7 Å². The maximum atomic E-state index is 12.9. The number of likely N-dealkylation sites (tertiary alicyclic amines) is 1. The summed E-state index contributed by atoms with van der Waals surface area (Å²) in [6.07, 6.45) is 1.60. The second-order valence-electron chi connectivity index (χ2n) is 7.27. The molecule has 1 aliphatic rings. The van der Waals surface area contributed by atoms with Crippen molar-refractivity contribution in [2.75, 3.05) is 41.4 Å². The van der Waals surface area contributed by atoms with Gasteiger partial charge in [-0.3, -0.25) is 14.6 Å². The van der Waals surface area contributed by atoms with Crippen LogP contribution in [0.2, 0.25) is 0 Å². The number of Topliss-reactive ketones (excluding diaryl/α,β-unsaturated/α-hetero) is 1. The van der Waals surface area contributed by atoms with E-state index in [-0.39, 0.29) is 11.3 Å². The van der Waals surface area contributed by atoms with Crippen LogP contribution in [0.25, 0.3) is 5.76 Å². The summed E-state index contributed by atoms with van der Waals surface area (Å²) in [5.41, 5.74) is 0.886. The highest BCUT2D eigenvalue weighted by Gasteiger charge is 2.46. The number of likely N-dealkylation sites (N-methyl/N-ethyl adjacent to an activating group) is 1. The fourth-order valence-electron chi connectivity index (χ4n) is 3.44. The molecule has 0 unspecified atom stereocenters. The minimum Gasteiger partial charge on any atom is -0.507 e. The fourth-order valence-corrected chi connectivity index (χ4v) is 3.44.